The molecule has 1 amide bonds. The van der Waals surface area contributed by atoms with Gasteiger partial charge in [0.1, 0.15) is 6.10 Å². The van der Waals surface area contributed by atoms with E-state index in [0.29, 0.717) is 6.61 Å². The summed E-state index contributed by atoms with van der Waals surface area (Å²) >= 11 is 0. The molecular formula is C15H20N2O2. The van der Waals surface area contributed by atoms with Gasteiger partial charge in [0.05, 0.1) is 0 Å². The summed E-state index contributed by atoms with van der Waals surface area (Å²) in [5, 5.41) is 6.34. The molecule has 3 rings (SSSR count). The fourth-order valence-corrected chi connectivity index (χ4v) is 2.72. The number of hydrogen-bond acceptors (Lipinski definition) is 3. The average Bonchev–Trinajstić information content (AvgIpc) is 2.48. The molecule has 102 valence electrons. The van der Waals surface area contributed by atoms with Crippen LogP contribution in [0.1, 0.15) is 31.2 Å². The van der Waals surface area contributed by atoms with E-state index in [4.69, 9.17) is 4.74 Å². The van der Waals surface area contributed by atoms with E-state index in [0.717, 1.165) is 44.3 Å². The molecule has 4 heteroatoms. The number of carbonyl (C=O) groups excluding carboxylic acids is 1. The van der Waals surface area contributed by atoms with Crippen LogP contribution in [0, 0.1) is 0 Å². The topological polar surface area (TPSA) is 50.4 Å². The van der Waals surface area contributed by atoms with Crippen molar-refractivity contribution in [2.45, 2.75) is 38.2 Å². The standard InChI is InChI=1S/C15H20N2O2/c18-15(14-5-1-2-9-19-14)17-12-6-7-13-11(10-12)4-3-8-16-13/h6-7,10,14,16H,1-5,8-9H2,(H,17,18). The van der Waals surface area contributed by atoms with Crippen LogP contribution < -0.4 is 10.6 Å². The summed E-state index contributed by atoms with van der Waals surface area (Å²) in [6, 6.07) is 6.08. The maximum Gasteiger partial charge on any atom is 0.253 e. The van der Waals surface area contributed by atoms with Gasteiger partial charge in [-0.25, -0.2) is 0 Å². The van der Waals surface area contributed by atoms with Gasteiger partial charge < -0.3 is 15.4 Å². The molecule has 0 aliphatic carbocycles. The number of carbonyl (C=O) groups is 1. The van der Waals surface area contributed by atoms with Crippen molar-refractivity contribution >= 4 is 17.3 Å². The van der Waals surface area contributed by atoms with Crippen LogP contribution in [-0.2, 0) is 16.0 Å². The summed E-state index contributed by atoms with van der Waals surface area (Å²) < 4.78 is 5.50. The number of rotatable bonds is 2. The van der Waals surface area contributed by atoms with Gasteiger partial charge in [-0.2, -0.15) is 0 Å². The largest absolute Gasteiger partial charge is 0.385 e. The summed E-state index contributed by atoms with van der Waals surface area (Å²) in [5.74, 6) is -0.0107. The van der Waals surface area contributed by atoms with E-state index in [1.54, 1.807) is 0 Å². The second kappa shape index (κ2) is 5.61. The molecule has 1 atom stereocenters. The molecule has 2 aliphatic heterocycles. The lowest BCUT2D eigenvalue weighted by molar-refractivity contribution is -0.129. The molecule has 1 aromatic carbocycles. The first-order valence-corrected chi connectivity index (χ1v) is 7.12. The van der Waals surface area contributed by atoms with Crippen molar-refractivity contribution in [2.75, 3.05) is 23.8 Å². The minimum absolute atomic E-state index is 0.0107. The van der Waals surface area contributed by atoms with Gasteiger partial charge in [0, 0.05) is 24.5 Å². The Labute approximate surface area is 113 Å². The van der Waals surface area contributed by atoms with Gasteiger partial charge in [-0.05, 0) is 55.9 Å². The molecule has 0 spiro atoms. The maximum atomic E-state index is 12.1. The zero-order valence-corrected chi connectivity index (χ0v) is 11.1. The number of anilines is 2. The predicted molar refractivity (Wildman–Crippen MR) is 75.5 cm³/mol. The van der Waals surface area contributed by atoms with Gasteiger partial charge in [-0.3, -0.25) is 4.79 Å². The molecule has 4 nitrogen and oxygen atoms in total. The molecule has 1 fully saturated rings. The summed E-state index contributed by atoms with van der Waals surface area (Å²) in [7, 11) is 0. The molecule has 1 saturated heterocycles. The lowest BCUT2D eigenvalue weighted by Crippen LogP contribution is -2.33. The van der Waals surface area contributed by atoms with E-state index in [1.165, 1.54) is 11.3 Å². The summed E-state index contributed by atoms with van der Waals surface area (Å²) in [5.41, 5.74) is 3.36. The molecule has 1 aromatic rings. The Morgan fingerprint density at radius 1 is 1.32 bits per heavy atom. The molecular weight excluding hydrogens is 240 g/mol. The van der Waals surface area contributed by atoms with Crippen LogP contribution in [0.3, 0.4) is 0 Å². The Hall–Kier alpha value is -1.55. The van der Waals surface area contributed by atoms with E-state index in [1.807, 2.05) is 12.1 Å². The molecule has 0 saturated carbocycles. The minimum Gasteiger partial charge on any atom is -0.385 e. The SMILES string of the molecule is O=C(Nc1ccc2c(c1)CCCN2)C1CCCCO1. The first-order chi connectivity index (χ1) is 9.33. The fourth-order valence-electron chi connectivity index (χ4n) is 2.72. The molecule has 0 bridgehead atoms. The van der Waals surface area contributed by atoms with Crippen molar-refractivity contribution in [3.63, 3.8) is 0 Å². The fraction of sp³-hybridized carbons (Fsp3) is 0.533. The smallest absolute Gasteiger partial charge is 0.253 e. The Balaban J connectivity index is 1.67. The van der Waals surface area contributed by atoms with Gasteiger partial charge >= 0.3 is 0 Å². The predicted octanol–water partition coefficient (Wildman–Crippen LogP) is 2.55. The lowest BCUT2D eigenvalue weighted by Gasteiger charge is -2.22. The monoisotopic (exact) mass is 260 g/mol. The molecule has 0 radical (unpaired) electrons. The normalized spacial score (nSPS) is 22.2. The Kier molecular flexibility index (Phi) is 3.69. The number of benzene rings is 1. The third-order valence-electron chi connectivity index (χ3n) is 3.78. The molecule has 19 heavy (non-hydrogen) atoms. The van der Waals surface area contributed by atoms with E-state index in [2.05, 4.69) is 16.7 Å². The lowest BCUT2D eigenvalue weighted by atomic mass is 10.0. The number of aryl methyl sites for hydroxylation is 1. The molecule has 1 unspecified atom stereocenters. The van der Waals surface area contributed by atoms with Crippen molar-refractivity contribution in [2.24, 2.45) is 0 Å². The van der Waals surface area contributed by atoms with Crippen molar-refractivity contribution in [3.8, 4) is 0 Å². The van der Waals surface area contributed by atoms with E-state index in [9.17, 15) is 4.79 Å². The zero-order chi connectivity index (χ0) is 13.1. The summed E-state index contributed by atoms with van der Waals surface area (Å²) in [6.45, 7) is 1.74. The molecule has 2 N–H and O–H groups in total. The number of nitrogens with one attached hydrogen (secondary N) is 2. The Morgan fingerprint density at radius 3 is 3.11 bits per heavy atom. The van der Waals surface area contributed by atoms with Crippen LogP contribution >= 0.6 is 0 Å². The van der Waals surface area contributed by atoms with E-state index >= 15 is 0 Å². The summed E-state index contributed by atoms with van der Waals surface area (Å²) in [4.78, 5) is 12.1. The van der Waals surface area contributed by atoms with Crippen LogP contribution in [0.5, 0.6) is 0 Å². The minimum atomic E-state index is -0.275. The van der Waals surface area contributed by atoms with Crippen molar-refractivity contribution < 1.29 is 9.53 Å². The second-order valence-corrected chi connectivity index (χ2v) is 5.25. The maximum absolute atomic E-state index is 12.1. The highest BCUT2D eigenvalue weighted by Crippen LogP contribution is 2.25. The second-order valence-electron chi connectivity index (χ2n) is 5.25. The zero-order valence-electron chi connectivity index (χ0n) is 11.1. The van der Waals surface area contributed by atoms with Crippen molar-refractivity contribution in [3.05, 3.63) is 23.8 Å². The first-order valence-electron chi connectivity index (χ1n) is 7.12. The molecule has 2 heterocycles. The average molecular weight is 260 g/mol. The van der Waals surface area contributed by atoms with Gasteiger partial charge in [-0.1, -0.05) is 0 Å². The van der Waals surface area contributed by atoms with Crippen LogP contribution in [0.25, 0.3) is 0 Å². The van der Waals surface area contributed by atoms with Crippen LogP contribution in [0.15, 0.2) is 18.2 Å². The van der Waals surface area contributed by atoms with Gasteiger partial charge in [0.25, 0.3) is 5.91 Å². The number of amides is 1. The molecule has 2 aliphatic rings. The van der Waals surface area contributed by atoms with Crippen LogP contribution in [-0.4, -0.2) is 25.2 Å². The summed E-state index contributed by atoms with van der Waals surface area (Å²) in [6.07, 6.45) is 4.92. The quantitative estimate of drug-likeness (QED) is 0.859. The van der Waals surface area contributed by atoms with Crippen molar-refractivity contribution in [1.82, 2.24) is 0 Å². The van der Waals surface area contributed by atoms with Gasteiger partial charge in [0.15, 0.2) is 0 Å². The van der Waals surface area contributed by atoms with Gasteiger partial charge in [-0.15, -0.1) is 0 Å². The van der Waals surface area contributed by atoms with E-state index in [-0.39, 0.29) is 12.0 Å². The molecule has 0 aromatic heterocycles. The number of fused-ring (bicyclic) bond motifs is 1. The number of ether oxygens (including phenoxy) is 1. The highest BCUT2D eigenvalue weighted by Gasteiger charge is 2.22. The first kappa shape index (κ1) is 12.5. The van der Waals surface area contributed by atoms with Crippen LogP contribution in [0.2, 0.25) is 0 Å². The highest BCUT2D eigenvalue weighted by molar-refractivity contribution is 5.94. The third kappa shape index (κ3) is 2.89. The van der Waals surface area contributed by atoms with Crippen molar-refractivity contribution in [1.29, 1.82) is 0 Å². The van der Waals surface area contributed by atoms with Crippen LogP contribution in [0.4, 0.5) is 11.4 Å². The Bertz CT molecular complexity index is 467. The van der Waals surface area contributed by atoms with Gasteiger partial charge in [0.2, 0.25) is 0 Å². The third-order valence-corrected chi connectivity index (χ3v) is 3.78. The Morgan fingerprint density at radius 2 is 2.26 bits per heavy atom. The highest BCUT2D eigenvalue weighted by atomic mass is 16.5. The number of hydrogen-bond donors (Lipinski definition) is 2. The van der Waals surface area contributed by atoms with E-state index < -0.39 is 0 Å².